The Kier molecular flexibility index (Phi) is 13.9. The van der Waals surface area contributed by atoms with Crippen LogP contribution in [0, 0.1) is 5.82 Å². The SMILES string of the molecule is CN(CCCN(C)C(=O)c1ccc2c(c1)CCN2C(=O)O)C(=O)CO[C@H]1Cc2ccccc2C12CCN(CC[C@@]1(c3ccc(F)cc3)CN(C(=O)c3cc(C(F)(F)F)cc(C(F)(F)F)c3)CO1)CC2. The first-order valence-corrected chi connectivity index (χ1v) is 22.7. The highest BCUT2D eigenvalue weighted by Crippen LogP contribution is 2.48. The van der Waals surface area contributed by atoms with Crippen LogP contribution in [0.1, 0.15) is 79.8 Å². The minimum atomic E-state index is -5.14. The lowest BCUT2D eigenvalue weighted by Crippen LogP contribution is -2.50. The standard InChI is InChI=1S/C50H52F7N5O7/c1-58(18-5-19-59(2)44(64)34-8-13-41-33(24-34)14-20-62(41)46(66)67)43(63)29-68-42-27-32-6-3-4-7-40(32)47(42)15-21-60(22-16-47)23-17-48(36-9-11-39(51)12-10-36)30-61(31-69-48)45(65)35-25-37(49(52,53)54)28-38(26-35)50(55,56)57/h3-4,6-13,24-26,28,42H,5,14-23,27,29-31H2,1-2H3,(H,66,67)/t42-,48-/m0/s1. The van der Waals surface area contributed by atoms with Gasteiger partial charge in [0.25, 0.3) is 11.8 Å². The first-order valence-electron chi connectivity index (χ1n) is 22.7. The van der Waals surface area contributed by atoms with Gasteiger partial charge in [-0.2, -0.15) is 26.3 Å². The molecule has 0 bridgehead atoms. The summed E-state index contributed by atoms with van der Waals surface area (Å²) in [6.07, 6.45) is -8.37. The Labute approximate surface area is 394 Å². The maximum atomic E-state index is 14.1. The number of amides is 4. The van der Waals surface area contributed by atoms with Gasteiger partial charge in [-0.3, -0.25) is 19.3 Å². The number of carbonyl (C=O) groups excluding carboxylic acids is 3. The number of piperidine rings is 1. The molecule has 0 unspecified atom stereocenters. The van der Waals surface area contributed by atoms with Gasteiger partial charge in [0.05, 0.1) is 29.5 Å². The van der Waals surface area contributed by atoms with E-state index in [1.54, 1.807) is 42.1 Å². The van der Waals surface area contributed by atoms with Gasteiger partial charge in [-0.25, -0.2) is 9.18 Å². The third-order valence-electron chi connectivity index (χ3n) is 14.2. The van der Waals surface area contributed by atoms with Gasteiger partial charge in [0.15, 0.2) is 0 Å². The zero-order chi connectivity index (χ0) is 49.5. The van der Waals surface area contributed by atoms with Gasteiger partial charge in [0.1, 0.15) is 24.8 Å². The molecule has 0 aromatic heterocycles. The zero-order valence-corrected chi connectivity index (χ0v) is 38.0. The summed E-state index contributed by atoms with van der Waals surface area (Å²) >= 11 is 0. The van der Waals surface area contributed by atoms with E-state index in [9.17, 15) is 55.0 Å². The smallest absolute Gasteiger partial charge is 0.416 e. The molecule has 368 valence electrons. The van der Waals surface area contributed by atoms with Crippen molar-refractivity contribution >= 4 is 29.5 Å². The van der Waals surface area contributed by atoms with E-state index in [1.807, 2.05) is 12.1 Å². The first-order chi connectivity index (χ1) is 32.7. The number of anilines is 1. The summed E-state index contributed by atoms with van der Waals surface area (Å²) in [7, 11) is 3.38. The van der Waals surface area contributed by atoms with Crippen LogP contribution in [-0.4, -0.2) is 128 Å². The van der Waals surface area contributed by atoms with Crippen LogP contribution in [0.2, 0.25) is 0 Å². The Morgan fingerprint density at radius 1 is 0.812 bits per heavy atom. The Balaban J connectivity index is 0.876. The average molecular weight is 968 g/mol. The van der Waals surface area contributed by atoms with E-state index < -0.39 is 64.6 Å². The summed E-state index contributed by atoms with van der Waals surface area (Å²) < 4.78 is 109. The van der Waals surface area contributed by atoms with Crippen LogP contribution in [0.15, 0.2) is 84.9 Å². The number of hydrogen-bond donors (Lipinski definition) is 1. The third-order valence-corrected chi connectivity index (χ3v) is 14.2. The molecule has 4 aromatic rings. The summed E-state index contributed by atoms with van der Waals surface area (Å²) in [5.41, 5.74) is -1.03. The van der Waals surface area contributed by atoms with E-state index in [1.165, 1.54) is 29.2 Å². The molecule has 2 fully saturated rings. The number of nitrogens with zero attached hydrogens (tertiary/aromatic N) is 5. The predicted molar refractivity (Wildman–Crippen MR) is 238 cm³/mol. The summed E-state index contributed by atoms with van der Waals surface area (Å²) in [5.74, 6) is -2.02. The van der Waals surface area contributed by atoms with Crippen LogP contribution in [0.25, 0.3) is 0 Å². The maximum absolute atomic E-state index is 14.1. The summed E-state index contributed by atoms with van der Waals surface area (Å²) in [5, 5.41) is 9.42. The van der Waals surface area contributed by atoms with Crippen molar-refractivity contribution in [1.29, 1.82) is 0 Å². The van der Waals surface area contributed by atoms with E-state index in [4.69, 9.17) is 9.47 Å². The fourth-order valence-corrected chi connectivity index (χ4v) is 10.3. The molecule has 69 heavy (non-hydrogen) atoms. The normalized spacial score (nSPS) is 20.0. The molecule has 19 heteroatoms. The van der Waals surface area contributed by atoms with Gasteiger partial charge in [-0.1, -0.05) is 36.4 Å². The maximum Gasteiger partial charge on any atom is 0.416 e. The number of carboxylic acid groups (broad SMARTS) is 1. The Hall–Kier alpha value is -6.05. The van der Waals surface area contributed by atoms with E-state index in [-0.39, 0.29) is 43.6 Å². The van der Waals surface area contributed by atoms with Crippen molar-refractivity contribution in [3.05, 3.63) is 135 Å². The molecule has 1 aliphatic carbocycles. The largest absolute Gasteiger partial charge is 0.465 e. The second kappa shape index (κ2) is 19.4. The summed E-state index contributed by atoms with van der Waals surface area (Å²) in [6, 6.07) is 19.3. The molecule has 12 nitrogen and oxygen atoms in total. The molecule has 0 radical (unpaired) electrons. The highest BCUT2D eigenvalue weighted by Gasteiger charge is 2.50. The second-order valence-corrected chi connectivity index (χ2v) is 18.4. The van der Waals surface area contributed by atoms with E-state index in [2.05, 4.69) is 17.0 Å². The third kappa shape index (κ3) is 10.3. The molecule has 1 spiro atoms. The highest BCUT2D eigenvalue weighted by molar-refractivity contribution is 5.97. The lowest BCUT2D eigenvalue weighted by atomic mass is 9.72. The predicted octanol–water partition coefficient (Wildman–Crippen LogP) is 8.22. The van der Waals surface area contributed by atoms with Crippen LogP contribution < -0.4 is 4.90 Å². The van der Waals surface area contributed by atoms with E-state index >= 15 is 0 Å². The van der Waals surface area contributed by atoms with Gasteiger partial charge in [-0.05, 0) is 122 Å². The molecular weight excluding hydrogens is 916 g/mol. The van der Waals surface area contributed by atoms with Crippen molar-refractivity contribution in [2.24, 2.45) is 0 Å². The monoisotopic (exact) mass is 967 g/mol. The Morgan fingerprint density at radius 2 is 1.48 bits per heavy atom. The number of fused-ring (bicyclic) bond motifs is 3. The molecule has 0 saturated carbocycles. The number of likely N-dealkylation sites (N-methyl/N-ethyl adjacent to an activating group) is 1. The molecule has 2 saturated heterocycles. The van der Waals surface area contributed by atoms with Crippen molar-refractivity contribution in [1.82, 2.24) is 19.6 Å². The summed E-state index contributed by atoms with van der Waals surface area (Å²) in [6.45, 7) is 1.95. The van der Waals surface area contributed by atoms with Crippen molar-refractivity contribution in [3.63, 3.8) is 0 Å². The number of rotatable bonds is 13. The lowest BCUT2D eigenvalue weighted by molar-refractivity contribution is -0.143. The molecular formula is C50H52F7N5O7. The molecule has 2 atom stereocenters. The Morgan fingerprint density at radius 3 is 2.14 bits per heavy atom. The van der Waals surface area contributed by atoms with Crippen LogP contribution in [-0.2, 0) is 50.5 Å². The molecule has 1 N–H and O–H groups in total. The fourth-order valence-electron chi connectivity index (χ4n) is 10.3. The molecule has 4 aliphatic rings. The van der Waals surface area contributed by atoms with Gasteiger partial charge in [0, 0.05) is 56.8 Å². The zero-order valence-electron chi connectivity index (χ0n) is 38.0. The van der Waals surface area contributed by atoms with Crippen LogP contribution in [0.3, 0.4) is 0 Å². The van der Waals surface area contributed by atoms with Crippen molar-refractivity contribution in [2.75, 3.05) is 78.1 Å². The van der Waals surface area contributed by atoms with Crippen molar-refractivity contribution < 1.29 is 64.5 Å². The lowest BCUT2D eigenvalue weighted by Gasteiger charge is -2.44. The molecule has 3 heterocycles. The minimum absolute atomic E-state index is 0.0335. The number of alkyl halides is 6. The van der Waals surface area contributed by atoms with E-state index in [0.29, 0.717) is 100 Å². The van der Waals surface area contributed by atoms with Crippen LogP contribution in [0.5, 0.6) is 0 Å². The molecule has 4 amide bonds. The van der Waals surface area contributed by atoms with Gasteiger partial charge >= 0.3 is 18.4 Å². The van der Waals surface area contributed by atoms with E-state index in [0.717, 1.165) is 21.6 Å². The van der Waals surface area contributed by atoms with Gasteiger partial charge < -0.3 is 34.2 Å². The second-order valence-electron chi connectivity index (χ2n) is 18.4. The minimum Gasteiger partial charge on any atom is -0.465 e. The topological polar surface area (TPSA) is 123 Å². The number of hydrogen-bond acceptors (Lipinski definition) is 7. The number of ether oxygens (including phenoxy) is 2. The van der Waals surface area contributed by atoms with Crippen molar-refractivity contribution in [3.8, 4) is 0 Å². The van der Waals surface area contributed by atoms with Crippen LogP contribution in [0.4, 0.5) is 41.2 Å². The highest BCUT2D eigenvalue weighted by atomic mass is 19.4. The quantitative estimate of drug-likeness (QED) is 0.133. The molecule has 8 rings (SSSR count). The average Bonchev–Trinajstić information content (AvgIpc) is 4.04. The summed E-state index contributed by atoms with van der Waals surface area (Å²) in [4.78, 5) is 59.5. The molecule has 3 aliphatic heterocycles. The Bertz CT molecular complexity index is 2550. The number of halogens is 7. The fraction of sp³-hybridized carbons (Fsp3) is 0.440. The van der Waals surface area contributed by atoms with Gasteiger partial charge in [0.2, 0.25) is 5.91 Å². The first kappa shape index (κ1) is 49.4. The van der Waals surface area contributed by atoms with Crippen molar-refractivity contribution in [2.45, 2.75) is 68.0 Å². The van der Waals surface area contributed by atoms with Gasteiger partial charge in [-0.15, -0.1) is 0 Å². The number of benzene rings is 4. The number of carbonyl (C=O) groups is 4. The molecule has 4 aromatic carbocycles. The van der Waals surface area contributed by atoms with Crippen LogP contribution >= 0.6 is 0 Å². The number of likely N-dealkylation sites (tertiary alicyclic amines) is 1.